The van der Waals surface area contributed by atoms with Crippen molar-refractivity contribution in [1.29, 1.82) is 0 Å². The summed E-state index contributed by atoms with van der Waals surface area (Å²) >= 11 is 0. The number of amides is 2. The number of pyridine rings is 1. The lowest BCUT2D eigenvalue weighted by molar-refractivity contribution is -0.115. The van der Waals surface area contributed by atoms with Crippen LogP contribution in [0, 0.1) is 0 Å². The van der Waals surface area contributed by atoms with Crippen molar-refractivity contribution in [2.75, 3.05) is 41.8 Å². The van der Waals surface area contributed by atoms with Crippen LogP contribution in [-0.4, -0.2) is 43.1 Å². The average Bonchev–Trinajstić information content (AvgIpc) is 2.69. The minimum absolute atomic E-state index is 0.0738. The van der Waals surface area contributed by atoms with E-state index in [1.807, 2.05) is 0 Å². The van der Waals surface area contributed by atoms with E-state index in [1.54, 1.807) is 49.5 Å². The van der Waals surface area contributed by atoms with E-state index in [-0.39, 0.29) is 11.8 Å². The highest BCUT2D eigenvalue weighted by Crippen LogP contribution is 2.21. The Morgan fingerprint density at radius 3 is 2.58 bits per heavy atom. The van der Waals surface area contributed by atoms with Gasteiger partial charge in [0, 0.05) is 37.1 Å². The molecule has 0 atom stereocenters. The van der Waals surface area contributed by atoms with Gasteiger partial charge in [-0.3, -0.25) is 9.59 Å². The lowest BCUT2D eigenvalue weighted by Gasteiger charge is -2.29. The number of rotatable bonds is 5. The number of carbonyl (C=O) groups excluding carboxylic acids is 2. The number of hydrogen-bond donors (Lipinski definition) is 2. The highest BCUT2D eigenvalue weighted by atomic mass is 16.5. The summed E-state index contributed by atoms with van der Waals surface area (Å²) in [6.07, 6.45) is 2.08. The van der Waals surface area contributed by atoms with E-state index < -0.39 is 0 Å². The van der Waals surface area contributed by atoms with Crippen LogP contribution >= 0.6 is 0 Å². The minimum atomic E-state index is -0.237. The van der Waals surface area contributed by atoms with E-state index in [1.165, 1.54) is 0 Å². The third kappa shape index (κ3) is 4.37. The molecule has 1 aromatic carbocycles. The molecule has 26 heavy (non-hydrogen) atoms. The molecule has 136 valence electrons. The molecule has 2 heterocycles. The number of morpholine rings is 1. The fourth-order valence-electron chi connectivity index (χ4n) is 2.72. The molecule has 0 unspecified atom stereocenters. The fourth-order valence-corrected chi connectivity index (χ4v) is 2.72. The second-order valence-corrected chi connectivity index (χ2v) is 5.91. The average molecular weight is 354 g/mol. The summed E-state index contributed by atoms with van der Waals surface area (Å²) in [5, 5.41) is 5.66. The first-order valence-corrected chi connectivity index (χ1v) is 8.66. The predicted molar refractivity (Wildman–Crippen MR) is 101 cm³/mol. The van der Waals surface area contributed by atoms with Gasteiger partial charge in [0.25, 0.3) is 5.91 Å². The minimum Gasteiger partial charge on any atom is -0.378 e. The van der Waals surface area contributed by atoms with E-state index >= 15 is 0 Å². The van der Waals surface area contributed by atoms with Gasteiger partial charge in [0.2, 0.25) is 5.91 Å². The number of aromatic nitrogens is 1. The van der Waals surface area contributed by atoms with Crippen LogP contribution in [0.1, 0.15) is 23.7 Å². The Morgan fingerprint density at radius 2 is 1.85 bits per heavy atom. The number of nitrogens with one attached hydrogen (secondary N) is 2. The maximum absolute atomic E-state index is 12.8. The van der Waals surface area contributed by atoms with Gasteiger partial charge in [0.05, 0.1) is 18.8 Å². The van der Waals surface area contributed by atoms with Gasteiger partial charge < -0.3 is 20.3 Å². The van der Waals surface area contributed by atoms with Gasteiger partial charge in [-0.2, -0.15) is 0 Å². The first-order chi connectivity index (χ1) is 12.7. The van der Waals surface area contributed by atoms with Crippen molar-refractivity contribution in [2.24, 2.45) is 0 Å². The van der Waals surface area contributed by atoms with Crippen molar-refractivity contribution < 1.29 is 14.3 Å². The normalized spacial score (nSPS) is 14.0. The van der Waals surface area contributed by atoms with E-state index in [0.717, 1.165) is 0 Å². The highest BCUT2D eigenvalue weighted by Gasteiger charge is 2.20. The molecule has 0 spiro atoms. The van der Waals surface area contributed by atoms with Crippen LogP contribution in [0.5, 0.6) is 0 Å². The summed E-state index contributed by atoms with van der Waals surface area (Å²) in [6, 6.07) is 10.6. The molecule has 2 N–H and O–H groups in total. The van der Waals surface area contributed by atoms with Crippen LogP contribution in [0.3, 0.4) is 0 Å². The Balaban J connectivity index is 1.76. The van der Waals surface area contributed by atoms with Crippen LogP contribution in [0.4, 0.5) is 17.2 Å². The van der Waals surface area contributed by atoms with Gasteiger partial charge in [0.1, 0.15) is 5.82 Å². The van der Waals surface area contributed by atoms with Gasteiger partial charge in [-0.25, -0.2) is 4.98 Å². The number of carbonyl (C=O) groups is 2. The third-order valence-electron chi connectivity index (χ3n) is 4.07. The van der Waals surface area contributed by atoms with Crippen molar-refractivity contribution in [3.8, 4) is 0 Å². The van der Waals surface area contributed by atoms with Crippen LogP contribution < -0.4 is 15.5 Å². The standard InChI is InChI=1S/C19H22N4O3/c1-2-17(24)21-14-5-3-6-15(13-14)22-19(25)16-7-4-8-20-18(16)23-9-11-26-12-10-23/h3-8,13H,2,9-12H2,1H3,(H,21,24)(H,22,25). The quantitative estimate of drug-likeness (QED) is 0.862. The second kappa shape index (κ2) is 8.44. The van der Waals surface area contributed by atoms with Crippen molar-refractivity contribution in [3.63, 3.8) is 0 Å². The lowest BCUT2D eigenvalue weighted by atomic mass is 10.2. The van der Waals surface area contributed by atoms with Crippen LogP contribution in [0.25, 0.3) is 0 Å². The zero-order valence-electron chi connectivity index (χ0n) is 14.7. The Morgan fingerprint density at radius 1 is 1.12 bits per heavy atom. The van der Waals surface area contributed by atoms with Crippen LogP contribution in [0.15, 0.2) is 42.6 Å². The molecule has 7 nitrogen and oxygen atoms in total. The molecule has 2 aromatic rings. The SMILES string of the molecule is CCC(=O)Nc1cccc(NC(=O)c2cccnc2N2CCOCC2)c1. The maximum Gasteiger partial charge on any atom is 0.259 e. The lowest BCUT2D eigenvalue weighted by Crippen LogP contribution is -2.38. The molecule has 1 saturated heterocycles. The molecule has 7 heteroatoms. The Labute approximate surface area is 152 Å². The Hall–Kier alpha value is -2.93. The zero-order valence-corrected chi connectivity index (χ0v) is 14.7. The van der Waals surface area contributed by atoms with Gasteiger partial charge in [-0.1, -0.05) is 13.0 Å². The molecule has 1 aromatic heterocycles. The summed E-state index contributed by atoms with van der Waals surface area (Å²) in [7, 11) is 0. The molecule has 1 aliphatic rings. The van der Waals surface area contributed by atoms with Crippen molar-refractivity contribution in [1.82, 2.24) is 4.98 Å². The van der Waals surface area contributed by atoms with Gasteiger partial charge in [0.15, 0.2) is 0 Å². The monoisotopic (exact) mass is 354 g/mol. The molecule has 0 bridgehead atoms. The van der Waals surface area contributed by atoms with E-state index in [4.69, 9.17) is 4.74 Å². The van der Waals surface area contributed by atoms with Crippen molar-refractivity contribution >= 4 is 29.0 Å². The van der Waals surface area contributed by atoms with Crippen molar-refractivity contribution in [2.45, 2.75) is 13.3 Å². The first kappa shape index (κ1) is 17.9. The Kier molecular flexibility index (Phi) is 5.80. The van der Waals surface area contributed by atoms with Crippen LogP contribution in [-0.2, 0) is 9.53 Å². The summed E-state index contributed by atoms with van der Waals surface area (Å²) in [6.45, 7) is 4.44. The number of nitrogens with zero attached hydrogens (tertiary/aromatic N) is 2. The third-order valence-corrected chi connectivity index (χ3v) is 4.07. The largest absolute Gasteiger partial charge is 0.378 e. The molecule has 3 rings (SSSR count). The van der Waals surface area contributed by atoms with E-state index in [0.29, 0.717) is 55.5 Å². The molecule has 2 amide bonds. The number of benzene rings is 1. The molecular weight excluding hydrogens is 332 g/mol. The number of hydrogen-bond acceptors (Lipinski definition) is 5. The van der Waals surface area contributed by atoms with E-state index in [2.05, 4.69) is 20.5 Å². The summed E-state index contributed by atoms with van der Waals surface area (Å²) in [4.78, 5) is 30.7. The smallest absolute Gasteiger partial charge is 0.259 e. The first-order valence-electron chi connectivity index (χ1n) is 8.66. The maximum atomic E-state index is 12.8. The van der Waals surface area contributed by atoms with Gasteiger partial charge in [-0.15, -0.1) is 0 Å². The molecular formula is C19H22N4O3. The molecule has 0 saturated carbocycles. The topological polar surface area (TPSA) is 83.6 Å². The summed E-state index contributed by atoms with van der Waals surface area (Å²) in [5.74, 6) is 0.345. The second-order valence-electron chi connectivity index (χ2n) is 5.91. The number of anilines is 3. The van der Waals surface area contributed by atoms with Crippen LogP contribution in [0.2, 0.25) is 0 Å². The summed E-state index contributed by atoms with van der Waals surface area (Å²) in [5.41, 5.74) is 1.77. The number of ether oxygens (including phenoxy) is 1. The molecule has 1 aliphatic heterocycles. The molecule has 0 aliphatic carbocycles. The fraction of sp³-hybridized carbons (Fsp3) is 0.316. The molecule has 1 fully saturated rings. The van der Waals surface area contributed by atoms with E-state index in [9.17, 15) is 9.59 Å². The molecule has 0 radical (unpaired) electrons. The van der Waals surface area contributed by atoms with Gasteiger partial charge in [-0.05, 0) is 30.3 Å². The van der Waals surface area contributed by atoms with Crippen molar-refractivity contribution in [3.05, 3.63) is 48.2 Å². The zero-order chi connectivity index (χ0) is 18.4. The van der Waals surface area contributed by atoms with Gasteiger partial charge >= 0.3 is 0 Å². The predicted octanol–water partition coefficient (Wildman–Crippen LogP) is 2.52. The highest BCUT2D eigenvalue weighted by molar-refractivity contribution is 6.07. The summed E-state index contributed by atoms with van der Waals surface area (Å²) < 4.78 is 5.37. The Bertz CT molecular complexity index is 788.